The number of hydrogen-bond acceptors (Lipinski definition) is 6. The van der Waals surface area contributed by atoms with E-state index in [9.17, 15) is 9.18 Å². The number of aromatic nitrogens is 2. The average Bonchev–Trinajstić information content (AvgIpc) is 2.76. The standard InChI is InChI=1S/C25H25ClFN5O2/c1-34-22-12-20-17(24(29-14-28-20)30-15-6-7-19(27)18(26)10-15)11-21(22)31-23(33)5-2-4-16-13-25(32-16)8-3-9-25/h2,5-7,10-12,14,16,32H,3-4,8-9,13H2,1H3,(H,31,33)(H,28,29,30)/b5-2+. The Kier molecular flexibility index (Phi) is 6.10. The Bertz CT molecular complexity index is 1270. The molecule has 1 saturated carbocycles. The fraction of sp³-hybridized carbons (Fsp3) is 0.320. The van der Waals surface area contributed by atoms with Crippen molar-refractivity contribution in [3.05, 3.63) is 59.7 Å². The zero-order valence-electron chi connectivity index (χ0n) is 18.7. The Morgan fingerprint density at radius 3 is 2.85 bits per heavy atom. The number of rotatable bonds is 7. The Balaban J connectivity index is 1.31. The fourth-order valence-electron chi connectivity index (χ4n) is 4.65. The minimum atomic E-state index is -0.502. The van der Waals surface area contributed by atoms with Crippen LogP contribution in [0.3, 0.4) is 0 Å². The summed E-state index contributed by atoms with van der Waals surface area (Å²) in [6.07, 6.45) is 10.7. The van der Waals surface area contributed by atoms with E-state index in [-0.39, 0.29) is 10.9 Å². The summed E-state index contributed by atoms with van der Waals surface area (Å²) < 4.78 is 19.0. The molecule has 176 valence electrons. The van der Waals surface area contributed by atoms with Crippen molar-refractivity contribution in [3.63, 3.8) is 0 Å². The van der Waals surface area contributed by atoms with Crippen LogP contribution in [0.4, 0.5) is 21.6 Å². The van der Waals surface area contributed by atoms with Crippen molar-refractivity contribution in [2.24, 2.45) is 0 Å². The zero-order chi connectivity index (χ0) is 23.7. The van der Waals surface area contributed by atoms with Gasteiger partial charge in [-0.1, -0.05) is 17.7 Å². The zero-order valence-corrected chi connectivity index (χ0v) is 19.5. The van der Waals surface area contributed by atoms with Crippen LogP contribution in [0.25, 0.3) is 10.9 Å². The van der Waals surface area contributed by atoms with Gasteiger partial charge < -0.3 is 20.7 Å². The van der Waals surface area contributed by atoms with E-state index in [1.54, 1.807) is 24.3 Å². The molecule has 2 heterocycles. The fourth-order valence-corrected chi connectivity index (χ4v) is 4.83. The number of carbonyl (C=O) groups excluding carboxylic acids is 1. The molecule has 1 unspecified atom stereocenters. The highest BCUT2D eigenvalue weighted by molar-refractivity contribution is 6.31. The van der Waals surface area contributed by atoms with Crippen molar-refractivity contribution in [1.29, 1.82) is 0 Å². The maximum atomic E-state index is 13.5. The first-order valence-electron chi connectivity index (χ1n) is 11.2. The quantitative estimate of drug-likeness (QED) is 0.394. The van der Waals surface area contributed by atoms with Gasteiger partial charge in [0.1, 0.15) is 23.7 Å². The number of carbonyl (C=O) groups is 1. The normalized spacial score (nSPS) is 18.5. The molecule has 2 aromatic carbocycles. The van der Waals surface area contributed by atoms with Gasteiger partial charge in [0.25, 0.3) is 0 Å². The van der Waals surface area contributed by atoms with E-state index in [4.69, 9.17) is 16.3 Å². The van der Waals surface area contributed by atoms with Gasteiger partial charge in [0, 0.05) is 28.7 Å². The maximum Gasteiger partial charge on any atom is 0.248 e. The van der Waals surface area contributed by atoms with Crippen LogP contribution in [-0.2, 0) is 4.79 Å². The third kappa shape index (κ3) is 4.56. The molecule has 0 radical (unpaired) electrons. The van der Waals surface area contributed by atoms with Gasteiger partial charge in [0.15, 0.2) is 0 Å². The van der Waals surface area contributed by atoms with Crippen molar-refractivity contribution < 1.29 is 13.9 Å². The molecule has 1 spiro atoms. The lowest BCUT2D eigenvalue weighted by molar-refractivity contribution is -0.111. The summed E-state index contributed by atoms with van der Waals surface area (Å²) >= 11 is 5.90. The SMILES string of the molecule is COc1cc2ncnc(Nc3ccc(F)c(Cl)c3)c2cc1NC(=O)/C=C/CC1CC2(CCC2)N1. The number of anilines is 3. The number of fused-ring (bicyclic) bond motifs is 1. The second kappa shape index (κ2) is 9.19. The van der Waals surface area contributed by atoms with Crippen molar-refractivity contribution >= 4 is 45.6 Å². The molecule has 34 heavy (non-hydrogen) atoms. The lowest BCUT2D eigenvalue weighted by Gasteiger charge is -2.55. The van der Waals surface area contributed by atoms with Crippen LogP contribution in [-0.4, -0.2) is 34.6 Å². The van der Waals surface area contributed by atoms with E-state index in [2.05, 4.69) is 25.9 Å². The Morgan fingerprint density at radius 1 is 1.32 bits per heavy atom. The van der Waals surface area contributed by atoms with Gasteiger partial charge in [-0.2, -0.15) is 0 Å². The molecule has 1 aliphatic carbocycles. The summed E-state index contributed by atoms with van der Waals surface area (Å²) in [4.78, 5) is 21.2. The average molecular weight is 482 g/mol. The highest BCUT2D eigenvalue weighted by Gasteiger charge is 2.46. The first-order valence-corrected chi connectivity index (χ1v) is 11.6. The third-order valence-corrected chi connectivity index (χ3v) is 6.83. The predicted molar refractivity (Wildman–Crippen MR) is 131 cm³/mol. The Morgan fingerprint density at radius 2 is 2.15 bits per heavy atom. The molecule has 2 fully saturated rings. The summed E-state index contributed by atoms with van der Waals surface area (Å²) in [5.41, 5.74) is 2.09. The molecule has 3 N–H and O–H groups in total. The van der Waals surface area contributed by atoms with Gasteiger partial charge in [-0.3, -0.25) is 4.79 Å². The number of benzene rings is 2. The van der Waals surface area contributed by atoms with Gasteiger partial charge in [0.05, 0.1) is 23.3 Å². The molecular weight excluding hydrogens is 457 g/mol. The first kappa shape index (κ1) is 22.6. The van der Waals surface area contributed by atoms with Crippen LogP contribution in [0.5, 0.6) is 5.75 Å². The highest BCUT2D eigenvalue weighted by Crippen LogP contribution is 2.43. The molecule has 1 amide bonds. The van der Waals surface area contributed by atoms with Crippen molar-refractivity contribution in [3.8, 4) is 5.75 Å². The topological polar surface area (TPSA) is 88.2 Å². The van der Waals surface area contributed by atoms with Crippen LogP contribution in [0, 0.1) is 5.82 Å². The van der Waals surface area contributed by atoms with Gasteiger partial charge in [-0.15, -0.1) is 0 Å². The van der Waals surface area contributed by atoms with Crippen molar-refractivity contribution in [2.75, 3.05) is 17.7 Å². The molecule has 3 aromatic rings. The Labute approximate surface area is 201 Å². The minimum absolute atomic E-state index is 0.00438. The molecule has 0 bridgehead atoms. The largest absolute Gasteiger partial charge is 0.494 e. The van der Waals surface area contributed by atoms with E-state index in [0.717, 1.165) is 6.42 Å². The minimum Gasteiger partial charge on any atom is -0.494 e. The van der Waals surface area contributed by atoms with E-state index in [1.807, 2.05) is 6.08 Å². The number of amides is 1. The second-order valence-corrected chi connectivity index (χ2v) is 9.26. The van der Waals surface area contributed by atoms with Gasteiger partial charge in [-0.25, -0.2) is 14.4 Å². The second-order valence-electron chi connectivity index (χ2n) is 8.85. The first-order chi connectivity index (χ1) is 16.4. The molecule has 7 nitrogen and oxygen atoms in total. The van der Waals surface area contributed by atoms with Crippen LogP contribution < -0.4 is 20.7 Å². The van der Waals surface area contributed by atoms with E-state index >= 15 is 0 Å². The van der Waals surface area contributed by atoms with E-state index in [1.165, 1.54) is 51.3 Å². The molecule has 9 heteroatoms. The van der Waals surface area contributed by atoms with Crippen LogP contribution in [0.1, 0.15) is 32.1 Å². The molecule has 1 aliphatic heterocycles. The van der Waals surface area contributed by atoms with Gasteiger partial charge in [0.2, 0.25) is 5.91 Å². The number of halogens is 2. The highest BCUT2D eigenvalue weighted by atomic mass is 35.5. The summed E-state index contributed by atoms with van der Waals surface area (Å²) in [6.45, 7) is 0. The predicted octanol–water partition coefficient (Wildman–Crippen LogP) is 5.34. The summed E-state index contributed by atoms with van der Waals surface area (Å²) in [5.74, 6) is 0.226. The summed E-state index contributed by atoms with van der Waals surface area (Å²) in [6, 6.07) is 8.25. The van der Waals surface area contributed by atoms with Crippen LogP contribution >= 0.6 is 11.6 Å². The maximum absolute atomic E-state index is 13.5. The number of methoxy groups -OCH3 is 1. The molecule has 1 aromatic heterocycles. The third-order valence-electron chi connectivity index (χ3n) is 6.54. The molecule has 2 aliphatic rings. The molecule has 1 saturated heterocycles. The summed E-state index contributed by atoms with van der Waals surface area (Å²) in [5, 5.41) is 10.3. The molecule has 1 atom stereocenters. The van der Waals surface area contributed by atoms with Crippen LogP contribution in [0.15, 0.2) is 48.8 Å². The lowest BCUT2D eigenvalue weighted by atomic mass is 9.66. The van der Waals surface area contributed by atoms with Crippen LogP contribution in [0.2, 0.25) is 5.02 Å². The van der Waals surface area contributed by atoms with E-state index < -0.39 is 5.82 Å². The molecular formula is C25H25ClFN5O2. The van der Waals surface area contributed by atoms with E-state index in [0.29, 0.717) is 45.4 Å². The number of hydrogen-bond donors (Lipinski definition) is 3. The van der Waals surface area contributed by atoms with Gasteiger partial charge in [-0.05, 0) is 62.4 Å². The van der Waals surface area contributed by atoms with Gasteiger partial charge >= 0.3 is 0 Å². The smallest absolute Gasteiger partial charge is 0.248 e. The summed E-state index contributed by atoms with van der Waals surface area (Å²) in [7, 11) is 1.53. The van der Waals surface area contributed by atoms with Crippen molar-refractivity contribution in [1.82, 2.24) is 15.3 Å². The number of ether oxygens (including phenoxy) is 1. The van der Waals surface area contributed by atoms with Crippen molar-refractivity contribution in [2.45, 2.75) is 43.7 Å². The number of nitrogens with one attached hydrogen (secondary N) is 3. The lowest BCUT2D eigenvalue weighted by Crippen LogP contribution is -2.66. The molecule has 5 rings (SSSR count). The Hall–Kier alpha value is -3.23. The number of nitrogens with zero attached hydrogens (tertiary/aromatic N) is 2. The monoisotopic (exact) mass is 481 g/mol.